The summed E-state index contributed by atoms with van der Waals surface area (Å²) < 4.78 is 12.0. The van der Waals surface area contributed by atoms with Gasteiger partial charge in [-0.15, -0.1) is 0 Å². The second kappa shape index (κ2) is 7.61. The third-order valence-corrected chi connectivity index (χ3v) is 4.34. The maximum absolute atomic E-state index is 11.7. The van der Waals surface area contributed by atoms with E-state index in [2.05, 4.69) is 32.6 Å². The smallest absolute Gasteiger partial charge is 0.326 e. The van der Waals surface area contributed by atoms with Crippen LogP contribution in [0.25, 0.3) is 6.08 Å². The van der Waals surface area contributed by atoms with E-state index in [1.165, 1.54) is 0 Å². The minimum atomic E-state index is -0.537. The number of urea groups is 1. The van der Waals surface area contributed by atoms with Crippen LogP contribution in [0, 0.1) is 6.92 Å². The van der Waals surface area contributed by atoms with Crippen molar-refractivity contribution in [1.29, 1.82) is 0 Å². The molecule has 0 aromatic heterocycles. The van der Waals surface area contributed by atoms with Crippen molar-refractivity contribution in [2.45, 2.75) is 13.5 Å². The average Bonchev–Trinajstić information content (AvgIpc) is 2.90. The molecule has 2 aromatic carbocycles. The van der Waals surface area contributed by atoms with Gasteiger partial charge in [-0.05, 0) is 52.2 Å². The van der Waals surface area contributed by atoms with E-state index in [9.17, 15) is 9.59 Å². The van der Waals surface area contributed by atoms with Gasteiger partial charge in [0.25, 0.3) is 5.91 Å². The number of hydrogen-bond donors (Lipinski definition) is 2. The highest BCUT2D eigenvalue weighted by molar-refractivity contribution is 9.10. The lowest BCUT2D eigenvalue weighted by atomic mass is 10.1. The van der Waals surface area contributed by atoms with Crippen molar-refractivity contribution in [2.75, 3.05) is 7.11 Å². The van der Waals surface area contributed by atoms with E-state index in [0.717, 1.165) is 11.1 Å². The number of nitrogens with one attached hydrogen (secondary N) is 2. The van der Waals surface area contributed by atoms with E-state index < -0.39 is 11.9 Å². The van der Waals surface area contributed by atoms with Gasteiger partial charge >= 0.3 is 6.03 Å². The Morgan fingerprint density at radius 3 is 2.62 bits per heavy atom. The molecule has 26 heavy (non-hydrogen) atoms. The second-order valence-corrected chi connectivity index (χ2v) is 6.63. The Bertz CT molecular complexity index is 908. The summed E-state index contributed by atoms with van der Waals surface area (Å²) in [5, 5.41) is 4.61. The topological polar surface area (TPSA) is 76.7 Å². The first-order valence-corrected chi connectivity index (χ1v) is 8.65. The first-order chi connectivity index (χ1) is 12.5. The maximum Gasteiger partial charge on any atom is 0.326 e. The number of halogens is 1. The highest BCUT2D eigenvalue weighted by atomic mass is 79.9. The number of amides is 3. The van der Waals surface area contributed by atoms with Crippen LogP contribution in [0.4, 0.5) is 4.79 Å². The predicted molar refractivity (Wildman–Crippen MR) is 101 cm³/mol. The van der Waals surface area contributed by atoms with Gasteiger partial charge in [0.15, 0.2) is 11.5 Å². The monoisotopic (exact) mass is 416 g/mol. The zero-order valence-corrected chi connectivity index (χ0v) is 15.8. The van der Waals surface area contributed by atoms with Crippen LogP contribution in [0.5, 0.6) is 11.5 Å². The molecule has 0 radical (unpaired) electrons. The second-order valence-electron chi connectivity index (χ2n) is 5.78. The van der Waals surface area contributed by atoms with E-state index in [0.29, 0.717) is 28.1 Å². The number of methoxy groups -OCH3 is 1. The molecule has 2 aromatic rings. The van der Waals surface area contributed by atoms with Crippen LogP contribution < -0.4 is 20.1 Å². The maximum atomic E-state index is 11.7. The molecule has 2 N–H and O–H groups in total. The predicted octanol–water partition coefficient (Wildman–Crippen LogP) is 3.53. The van der Waals surface area contributed by atoms with Gasteiger partial charge in [-0.3, -0.25) is 10.1 Å². The SMILES string of the molecule is COc1cc(/C=C2\NC(=O)NC2=O)cc(Br)c1OCc1cccc(C)c1. The Morgan fingerprint density at radius 2 is 1.96 bits per heavy atom. The number of carbonyl (C=O) groups is 2. The average molecular weight is 417 g/mol. The molecule has 3 rings (SSSR count). The van der Waals surface area contributed by atoms with Crippen LogP contribution >= 0.6 is 15.9 Å². The molecule has 0 unspecified atom stereocenters. The van der Waals surface area contributed by atoms with Gasteiger partial charge in [-0.2, -0.15) is 0 Å². The lowest BCUT2D eigenvalue weighted by molar-refractivity contribution is -0.115. The summed E-state index contributed by atoms with van der Waals surface area (Å²) in [4.78, 5) is 22.9. The molecule has 0 spiro atoms. The third kappa shape index (κ3) is 4.05. The van der Waals surface area contributed by atoms with Gasteiger partial charge in [0.2, 0.25) is 0 Å². The fraction of sp³-hybridized carbons (Fsp3) is 0.158. The summed E-state index contributed by atoms with van der Waals surface area (Å²) >= 11 is 3.48. The number of hydrogen-bond acceptors (Lipinski definition) is 4. The van der Waals surface area contributed by atoms with E-state index >= 15 is 0 Å². The van der Waals surface area contributed by atoms with Crippen LogP contribution in [0.1, 0.15) is 16.7 Å². The van der Waals surface area contributed by atoms with Crippen LogP contribution in [-0.2, 0) is 11.4 Å². The fourth-order valence-electron chi connectivity index (χ4n) is 2.57. The summed E-state index contributed by atoms with van der Waals surface area (Å²) in [7, 11) is 1.54. The Balaban J connectivity index is 1.84. The fourth-order valence-corrected chi connectivity index (χ4v) is 3.14. The van der Waals surface area contributed by atoms with Gasteiger partial charge in [0.1, 0.15) is 12.3 Å². The molecule has 1 saturated heterocycles. The molecule has 1 aliphatic heterocycles. The third-order valence-electron chi connectivity index (χ3n) is 3.75. The zero-order chi connectivity index (χ0) is 18.7. The van der Waals surface area contributed by atoms with Crippen LogP contribution in [0.2, 0.25) is 0 Å². The van der Waals surface area contributed by atoms with E-state index in [-0.39, 0.29) is 5.70 Å². The molecule has 0 saturated carbocycles. The molecule has 134 valence electrons. The molecule has 0 atom stereocenters. The summed E-state index contributed by atoms with van der Waals surface area (Å²) in [6.07, 6.45) is 1.57. The molecule has 0 aliphatic carbocycles. The summed E-state index contributed by atoms with van der Waals surface area (Å²) in [6.45, 7) is 2.43. The number of ether oxygens (including phenoxy) is 2. The van der Waals surface area contributed by atoms with E-state index in [1.807, 2.05) is 25.1 Å². The zero-order valence-electron chi connectivity index (χ0n) is 14.3. The first kappa shape index (κ1) is 18.0. The Morgan fingerprint density at radius 1 is 1.15 bits per heavy atom. The molecule has 1 heterocycles. The lowest BCUT2D eigenvalue weighted by Crippen LogP contribution is -2.22. The van der Waals surface area contributed by atoms with Crippen molar-refractivity contribution in [1.82, 2.24) is 10.6 Å². The molecule has 0 bridgehead atoms. The number of imide groups is 1. The van der Waals surface area contributed by atoms with Crippen molar-refractivity contribution in [3.05, 3.63) is 63.3 Å². The van der Waals surface area contributed by atoms with Crippen molar-refractivity contribution >= 4 is 33.9 Å². The molecule has 3 amide bonds. The van der Waals surface area contributed by atoms with Gasteiger partial charge in [0, 0.05) is 0 Å². The number of rotatable bonds is 5. The number of carbonyl (C=O) groups excluding carboxylic acids is 2. The molecular weight excluding hydrogens is 400 g/mol. The Labute approximate surface area is 159 Å². The normalized spacial score (nSPS) is 15.0. The van der Waals surface area contributed by atoms with Crippen molar-refractivity contribution < 1.29 is 19.1 Å². The van der Waals surface area contributed by atoms with Crippen LogP contribution in [-0.4, -0.2) is 19.0 Å². The number of benzene rings is 2. The van der Waals surface area contributed by atoms with Crippen molar-refractivity contribution in [3.8, 4) is 11.5 Å². The Kier molecular flexibility index (Phi) is 5.27. The standard InChI is InChI=1S/C19H17BrN2O4/c1-11-4-3-5-12(6-11)10-26-17-14(20)7-13(9-16(17)25-2)8-15-18(23)22-19(24)21-15/h3-9H,10H2,1-2H3,(H2,21,22,23,24)/b15-8-. The first-order valence-electron chi connectivity index (χ1n) is 7.86. The van der Waals surface area contributed by atoms with Gasteiger partial charge < -0.3 is 14.8 Å². The minimum absolute atomic E-state index is 0.178. The summed E-state index contributed by atoms with van der Waals surface area (Å²) in [6, 6.07) is 11.1. The molecule has 1 fully saturated rings. The van der Waals surface area contributed by atoms with Gasteiger partial charge in [-0.1, -0.05) is 29.8 Å². The lowest BCUT2D eigenvalue weighted by Gasteiger charge is -2.14. The van der Waals surface area contributed by atoms with Gasteiger partial charge in [0.05, 0.1) is 11.6 Å². The van der Waals surface area contributed by atoms with E-state index in [4.69, 9.17) is 9.47 Å². The summed E-state index contributed by atoms with van der Waals surface area (Å²) in [5.41, 5.74) is 3.08. The molecule has 6 nitrogen and oxygen atoms in total. The van der Waals surface area contributed by atoms with Crippen molar-refractivity contribution in [2.24, 2.45) is 0 Å². The molecule has 7 heteroatoms. The van der Waals surface area contributed by atoms with Crippen LogP contribution in [0.15, 0.2) is 46.6 Å². The quantitative estimate of drug-likeness (QED) is 0.577. The van der Waals surface area contributed by atoms with E-state index in [1.54, 1.807) is 25.3 Å². The largest absolute Gasteiger partial charge is 0.493 e. The molecular formula is C19H17BrN2O4. The highest BCUT2D eigenvalue weighted by Crippen LogP contribution is 2.37. The molecule has 1 aliphatic rings. The minimum Gasteiger partial charge on any atom is -0.493 e. The Hall–Kier alpha value is -2.80. The van der Waals surface area contributed by atoms with Crippen molar-refractivity contribution in [3.63, 3.8) is 0 Å². The highest BCUT2D eigenvalue weighted by Gasteiger charge is 2.23. The van der Waals surface area contributed by atoms with Crippen LogP contribution in [0.3, 0.4) is 0 Å². The summed E-state index contributed by atoms with van der Waals surface area (Å²) in [5.74, 6) is 0.615. The number of aryl methyl sites for hydroxylation is 1. The van der Waals surface area contributed by atoms with Gasteiger partial charge in [-0.25, -0.2) is 4.79 Å².